The van der Waals surface area contributed by atoms with Crippen LogP contribution in [0, 0.1) is 0 Å². The van der Waals surface area contributed by atoms with Gasteiger partial charge < -0.3 is 0 Å². The molecule has 0 aliphatic rings. The first-order valence-electron chi connectivity index (χ1n) is 2.95. The highest BCUT2D eigenvalue weighted by Gasteiger charge is 2.07. The fourth-order valence-corrected chi connectivity index (χ4v) is 1.11. The van der Waals surface area contributed by atoms with Crippen LogP contribution >= 0.6 is 23.2 Å². The van der Waals surface area contributed by atoms with Gasteiger partial charge in [0.05, 0.1) is 0 Å². The van der Waals surface area contributed by atoms with Gasteiger partial charge in [0.25, 0.3) is 5.24 Å². The van der Waals surface area contributed by atoms with E-state index in [1.165, 1.54) is 6.20 Å². The first-order valence-corrected chi connectivity index (χ1v) is 3.86. The summed E-state index contributed by atoms with van der Waals surface area (Å²) >= 11 is 10.8. The molecule has 0 aliphatic carbocycles. The molecule has 11 heavy (non-hydrogen) atoms. The lowest BCUT2D eigenvalue weighted by Gasteiger charge is -1.98. The number of carbonyl (C=O) groups excluding carboxylic acids is 1. The van der Waals surface area contributed by atoms with Crippen molar-refractivity contribution in [1.82, 2.24) is 4.98 Å². The highest BCUT2D eigenvalue weighted by molar-refractivity contribution is 6.67. The summed E-state index contributed by atoms with van der Waals surface area (Å²) in [4.78, 5) is 14.5. The summed E-state index contributed by atoms with van der Waals surface area (Å²) < 4.78 is 0. The molecule has 0 N–H and O–H groups in total. The van der Waals surface area contributed by atoms with Crippen molar-refractivity contribution in [3.05, 3.63) is 29.6 Å². The maximum absolute atomic E-state index is 10.7. The Morgan fingerprint density at radius 2 is 2.36 bits per heavy atom. The maximum atomic E-state index is 10.7. The second-order valence-corrected chi connectivity index (χ2v) is 2.53. The Hall–Kier alpha value is -0.600. The number of aromatic nitrogens is 1. The predicted octanol–water partition coefficient (Wildman–Crippen LogP) is 2.20. The molecule has 0 aromatic carbocycles. The predicted molar refractivity (Wildman–Crippen MR) is 44.0 cm³/mol. The quantitative estimate of drug-likeness (QED) is 0.528. The number of rotatable bonds is 2. The monoisotopic (exact) mass is 189 g/mol. The van der Waals surface area contributed by atoms with Crippen molar-refractivity contribution in [3.63, 3.8) is 0 Å². The van der Waals surface area contributed by atoms with Gasteiger partial charge in [-0.3, -0.25) is 9.78 Å². The Labute approximate surface area is 74.1 Å². The van der Waals surface area contributed by atoms with Gasteiger partial charge in [0.2, 0.25) is 0 Å². The second-order valence-electron chi connectivity index (χ2n) is 1.92. The molecule has 1 heterocycles. The molecule has 0 amide bonds. The van der Waals surface area contributed by atoms with Crippen LogP contribution in [0.1, 0.15) is 16.1 Å². The second kappa shape index (κ2) is 3.69. The molecule has 58 valence electrons. The molecule has 0 bridgehead atoms. The van der Waals surface area contributed by atoms with Gasteiger partial charge in [-0.15, -0.1) is 11.6 Å². The lowest BCUT2D eigenvalue weighted by Crippen LogP contribution is -1.98. The summed E-state index contributed by atoms with van der Waals surface area (Å²) in [5.74, 6) is 0.252. The summed E-state index contributed by atoms with van der Waals surface area (Å²) in [5, 5.41) is -0.568. The van der Waals surface area contributed by atoms with Crippen molar-refractivity contribution < 1.29 is 4.79 Å². The van der Waals surface area contributed by atoms with Gasteiger partial charge in [0.1, 0.15) is 5.69 Å². The lowest BCUT2D eigenvalue weighted by atomic mass is 10.2. The average Bonchev–Trinajstić information content (AvgIpc) is 2.04. The summed E-state index contributed by atoms with van der Waals surface area (Å²) in [6, 6.07) is 3.43. The lowest BCUT2D eigenvalue weighted by molar-refractivity contribution is 0.107. The third kappa shape index (κ3) is 1.91. The molecule has 0 radical (unpaired) electrons. The fraction of sp³-hybridized carbons (Fsp3) is 0.143. The molecule has 0 saturated carbocycles. The molecule has 0 spiro atoms. The van der Waals surface area contributed by atoms with E-state index in [1.54, 1.807) is 12.1 Å². The molecule has 0 atom stereocenters. The van der Waals surface area contributed by atoms with E-state index in [2.05, 4.69) is 4.98 Å². The minimum atomic E-state index is -0.568. The maximum Gasteiger partial charge on any atom is 0.271 e. The van der Waals surface area contributed by atoms with Crippen LogP contribution in [0.5, 0.6) is 0 Å². The van der Waals surface area contributed by atoms with Gasteiger partial charge >= 0.3 is 0 Å². The number of hydrogen-bond donors (Lipinski definition) is 0. The van der Waals surface area contributed by atoms with E-state index in [1.807, 2.05) is 0 Å². The molecule has 1 aromatic rings. The average molecular weight is 190 g/mol. The number of carbonyl (C=O) groups is 1. The first kappa shape index (κ1) is 8.50. The smallest absolute Gasteiger partial charge is 0.271 e. The van der Waals surface area contributed by atoms with Crippen LogP contribution < -0.4 is 0 Å². The standard InChI is InChI=1S/C7H5Cl2NO/c8-4-5-2-1-3-10-6(5)7(9)11/h1-3H,4H2. The third-order valence-corrected chi connectivity index (χ3v) is 1.69. The Kier molecular flexibility index (Phi) is 2.85. The van der Waals surface area contributed by atoms with Crippen LogP contribution in [0.25, 0.3) is 0 Å². The van der Waals surface area contributed by atoms with Crippen LogP contribution in [0.4, 0.5) is 0 Å². The van der Waals surface area contributed by atoms with Crippen molar-refractivity contribution >= 4 is 28.4 Å². The summed E-state index contributed by atoms with van der Waals surface area (Å²) in [6.07, 6.45) is 1.51. The number of hydrogen-bond acceptors (Lipinski definition) is 2. The highest BCUT2D eigenvalue weighted by Crippen LogP contribution is 2.10. The van der Waals surface area contributed by atoms with Gasteiger partial charge in [0, 0.05) is 12.1 Å². The first-order chi connectivity index (χ1) is 5.25. The number of nitrogens with zero attached hydrogens (tertiary/aromatic N) is 1. The fourth-order valence-electron chi connectivity index (χ4n) is 0.723. The van der Waals surface area contributed by atoms with Crippen LogP contribution in [0.2, 0.25) is 0 Å². The van der Waals surface area contributed by atoms with E-state index < -0.39 is 5.24 Å². The Morgan fingerprint density at radius 3 is 2.82 bits per heavy atom. The van der Waals surface area contributed by atoms with Gasteiger partial charge in [-0.1, -0.05) is 6.07 Å². The zero-order chi connectivity index (χ0) is 8.27. The summed E-state index contributed by atoms with van der Waals surface area (Å²) in [6.45, 7) is 0. The molecular weight excluding hydrogens is 185 g/mol. The molecule has 2 nitrogen and oxygen atoms in total. The summed E-state index contributed by atoms with van der Waals surface area (Å²) in [5.41, 5.74) is 0.901. The van der Waals surface area contributed by atoms with E-state index in [-0.39, 0.29) is 11.6 Å². The molecule has 0 aliphatic heterocycles. The third-order valence-electron chi connectivity index (χ3n) is 1.22. The molecule has 1 aromatic heterocycles. The Bertz CT molecular complexity index is 275. The van der Waals surface area contributed by atoms with Gasteiger partial charge in [0.15, 0.2) is 0 Å². The minimum Gasteiger partial charge on any atom is -0.274 e. The molecular formula is C7H5Cl2NO. The van der Waals surface area contributed by atoms with Crippen molar-refractivity contribution in [2.45, 2.75) is 5.88 Å². The van der Waals surface area contributed by atoms with Gasteiger partial charge in [-0.2, -0.15) is 0 Å². The van der Waals surface area contributed by atoms with E-state index >= 15 is 0 Å². The van der Waals surface area contributed by atoms with E-state index in [0.29, 0.717) is 5.56 Å². The van der Waals surface area contributed by atoms with Crippen LogP contribution in [0.3, 0.4) is 0 Å². The molecule has 1 rings (SSSR count). The zero-order valence-electron chi connectivity index (χ0n) is 5.55. The van der Waals surface area contributed by atoms with E-state index in [9.17, 15) is 4.79 Å². The van der Waals surface area contributed by atoms with Gasteiger partial charge in [-0.05, 0) is 23.2 Å². The molecule has 4 heteroatoms. The van der Waals surface area contributed by atoms with Crippen LogP contribution in [-0.2, 0) is 5.88 Å². The van der Waals surface area contributed by atoms with Crippen molar-refractivity contribution in [2.75, 3.05) is 0 Å². The van der Waals surface area contributed by atoms with Crippen molar-refractivity contribution in [3.8, 4) is 0 Å². The number of pyridine rings is 1. The topological polar surface area (TPSA) is 30.0 Å². The normalized spacial score (nSPS) is 9.64. The van der Waals surface area contributed by atoms with Crippen LogP contribution in [0.15, 0.2) is 18.3 Å². The minimum absolute atomic E-state index is 0.240. The van der Waals surface area contributed by atoms with Crippen molar-refractivity contribution in [2.24, 2.45) is 0 Å². The van der Waals surface area contributed by atoms with Crippen molar-refractivity contribution in [1.29, 1.82) is 0 Å². The zero-order valence-corrected chi connectivity index (χ0v) is 7.06. The Morgan fingerprint density at radius 1 is 1.64 bits per heavy atom. The number of alkyl halides is 1. The molecule has 0 fully saturated rings. The molecule has 0 saturated heterocycles. The van der Waals surface area contributed by atoms with E-state index in [0.717, 1.165) is 0 Å². The number of halogens is 2. The largest absolute Gasteiger partial charge is 0.274 e. The van der Waals surface area contributed by atoms with Gasteiger partial charge in [-0.25, -0.2) is 0 Å². The molecule has 0 unspecified atom stereocenters. The Balaban J connectivity index is 3.12. The van der Waals surface area contributed by atoms with Crippen LogP contribution in [-0.4, -0.2) is 10.2 Å². The van der Waals surface area contributed by atoms with E-state index in [4.69, 9.17) is 23.2 Å². The summed E-state index contributed by atoms with van der Waals surface area (Å²) in [7, 11) is 0. The highest BCUT2D eigenvalue weighted by atomic mass is 35.5. The SMILES string of the molecule is O=C(Cl)c1ncccc1CCl.